The summed E-state index contributed by atoms with van der Waals surface area (Å²) in [5, 5.41) is 12.3. The van der Waals surface area contributed by atoms with E-state index in [2.05, 4.69) is 5.32 Å². The Balaban J connectivity index is 2.60. The van der Waals surface area contributed by atoms with Gasteiger partial charge in [-0.1, -0.05) is 26.7 Å². The van der Waals surface area contributed by atoms with E-state index in [0.29, 0.717) is 12.8 Å². The van der Waals surface area contributed by atoms with Crippen molar-refractivity contribution < 1.29 is 9.90 Å². The van der Waals surface area contributed by atoms with Gasteiger partial charge < -0.3 is 16.2 Å². The SMILES string of the molecule is CCC(N)(CC)C(=O)NC1CCCCC1CO. The van der Waals surface area contributed by atoms with Gasteiger partial charge in [0.2, 0.25) is 5.91 Å². The summed E-state index contributed by atoms with van der Waals surface area (Å²) in [7, 11) is 0. The van der Waals surface area contributed by atoms with Crippen LogP contribution in [0.1, 0.15) is 52.4 Å². The molecule has 1 saturated carbocycles. The van der Waals surface area contributed by atoms with Crippen LogP contribution in [0.4, 0.5) is 0 Å². The van der Waals surface area contributed by atoms with Crippen molar-refractivity contribution in [2.45, 2.75) is 64.0 Å². The van der Waals surface area contributed by atoms with Crippen molar-refractivity contribution in [2.75, 3.05) is 6.61 Å². The standard InChI is InChI=1S/C13H26N2O2/c1-3-13(14,4-2)12(17)15-11-8-6-5-7-10(11)9-16/h10-11,16H,3-9,14H2,1-2H3,(H,15,17). The third-order valence-corrected chi connectivity index (χ3v) is 4.17. The quantitative estimate of drug-likeness (QED) is 0.677. The molecule has 1 fully saturated rings. The molecule has 0 radical (unpaired) electrons. The Morgan fingerprint density at radius 3 is 2.47 bits per heavy atom. The average Bonchev–Trinajstić information content (AvgIpc) is 2.38. The molecule has 0 saturated heterocycles. The summed E-state index contributed by atoms with van der Waals surface area (Å²) >= 11 is 0. The van der Waals surface area contributed by atoms with Crippen molar-refractivity contribution >= 4 is 5.91 Å². The highest BCUT2D eigenvalue weighted by molar-refractivity contribution is 5.86. The van der Waals surface area contributed by atoms with Crippen molar-refractivity contribution in [1.29, 1.82) is 0 Å². The monoisotopic (exact) mass is 242 g/mol. The summed E-state index contributed by atoms with van der Waals surface area (Å²) in [5.41, 5.74) is 5.32. The normalized spacial score (nSPS) is 25.6. The third-order valence-electron chi connectivity index (χ3n) is 4.17. The van der Waals surface area contributed by atoms with E-state index in [9.17, 15) is 9.90 Å². The largest absolute Gasteiger partial charge is 0.396 e. The maximum absolute atomic E-state index is 12.1. The second kappa shape index (κ2) is 6.36. The number of amides is 1. The van der Waals surface area contributed by atoms with Gasteiger partial charge in [-0.05, 0) is 25.7 Å². The highest BCUT2D eigenvalue weighted by Crippen LogP contribution is 2.24. The molecule has 1 amide bonds. The lowest BCUT2D eigenvalue weighted by Crippen LogP contribution is -2.57. The van der Waals surface area contributed by atoms with Gasteiger partial charge in [0, 0.05) is 18.6 Å². The van der Waals surface area contributed by atoms with Crippen molar-refractivity contribution in [3.05, 3.63) is 0 Å². The van der Waals surface area contributed by atoms with Crippen molar-refractivity contribution in [3.8, 4) is 0 Å². The first-order valence-electron chi connectivity index (χ1n) is 6.78. The average molecular weight is 242 g/mol. The number of carbonyl (C=O) groups excluding carboxylic acids is 1. The number of rotatable bonds is 5. The molecule has 4 nitrogen and oxygen atoms in total. The maximum atomic E-state index is 12.1. The lowest BCUT2D eigenvalue weighted by Gasteiger charge is -2.34. The van der Waals surface area contributed by atoms with Gasteiger partial charge in [-0.3, -0.25) is 4.79 Å². The fraction of sp³-hybridized carbons (Fsp3) is 0.923. The Bertz CT molecular complexity index is 252. The first-order chi connectivity index (χ1) is 8.07. The van der Waals surface area contributed by atoms with Crippen LogP contribution in [0.2, 0.25) is 0 Å². The fourth-order valence-electron chi connectivity index (χ4n) is 2.50. The molecule has 0 aromatic rings. The molecule has 1 rings (SSSR count). The Hall–Kier alpha value is -0.610. The van der Waals surface area contributed by atoms with Gasteiger partial charge in [0.05, 0.1) is 5.54 Å². The first kappa shape index (κ1) is 14.5. The van der Waals surface area contributed by atoms with Gasteiger partial charge in [0.15, 0.2) is 0 Å². The molecule has 17 heavy (non-hydrogen) atoms. The van der Waals surface area contributed by atoms with Gasteiger partial charge in [-0.2, -0.15) is 0 Å². The van der Waals surface area contributed by atoms with E-state index in [0.717, 1.165) is 25.7 Å². The second-order valence-electron chi connectivity index (χ2n) is 5.17. The second-order valence-corrected chi connectivity index (χ2v) is 5.17. The summed E-state index contributed by atoms with van der Waals surface area (Å²) in [4.78, 5) is 12.1. The van der Waals surface area contributed by atoms with Gasteiger partial charge in [0.25, 0.3) is 0 Å². The van der Waals surface area contributed by atoms with E-state index in [1.807, 2.05) is 13.8 Å². The predicted octanol–water partition coefficient (Wildman–Crippen LogP) is 1.17. The van der Waals surface area contributed by atoms with Gasteiger partial charge in [-0.15, -0.1) is 0 Å². The Labute approximate surface area is 104 Å². The predicted molar refractivity (Wildman–Crippen MR) is 68.5 cm³/mol. The lowest BCUT2D eigenvalue weighted by molar-refractivity contribution is -0.128. The van der Waals surface area contributed by atoms with Crippen molar-refractivity contribution in [2.24, 2.45) is 11.7 Å². The van der Waals surface area contributed by atoms with Crippen LogP contribution in [0.5, 0.6) is 0 Å². The van der Waals surface area contributed by atoms with Crippen molar-refractivity contribution in [3.63, 3.8) is 0 Å². The third kappa shape index (κ3) is 3.42. The topological polar surface area (TPSA) is 75.4 Å². The molecule has 4 heteroatoms. The number of aliphatic hydroxyl groups excluding tert-OH is 1. The van der Waals surface area contributed by atoms with Crippen LogP contribution in [0.3, 0.4) is 0 Å². The summed E-state index contributed by atoms with van der Waals surface area (Å²) < 4.78 is 0. The van der Waals surface area contributed by atoms with Crippen LogP contribution in [-0.4, -0.2) is 29.2 Å². The maximum Gasteiger partial charge on any atom is 0.240 e. The number of hydrogen-bond donors (Lipinski definition) is 3. The molecule has 4 N–H and O–H groups in total. The molecule has 0 aliphatic heterocycles. The molecule has 2 atom stereocenters. The van der Waals surface area contributed by atoms with Gasteiger partial charge in [-0.25, -0.2) is 0 Å². The molecule has 1 aliphatic rings. The number of carbonyl (C=O) groups is 1. The van der Waals surface area contributed by atoms with Crippen molar-refractivity contribution in [1.82, 2.24) is 5.32 Å². The minimum atomic E-state index is -0.753. The van der Waals surface area contributed by atoms with Crippen LogP contribution in [0, 0.1) is 5.92 Å². The molecule has 0 heterocycles. The molecule has 0 spiro atoms. The molecular formula is C13H26N2O2. The van der Waals surface area contributed by atoms with E-state index in [1.54, 1.807) is 0 Å². The molecule has 2 unspecified atom stereocenters. The Morgan fingerprint density at radius 1 is 1.35 bits per heavy atom. The van der Waals surface area contributed by atoms with Gasteiger partial charge >= 0.3 is 0 Å². The van der Waals surface area contributed by atoms with Crippen LogP contribution in [0.25, 0.3) is 0 Å². The zero-order chi connectivity index (χ0) is 12.9. The minimum Gasteiger partial charge on any atom is -0.396 e. The summed E-state index contributed by atoms with van der Waals surface area (Å²) in [5.74, 6) is 0.138. The van der Waals surface area contributed by atoms with Gasteiger partial charge in [0.1, 0.15) is 0 Å². The molecule has 1 aliphatic carbocycles. The number of hydrogen-bond acceptors (Lipinski definition) is 3. The zero-order valence-electron chi connectivity index (χ0n) is 11.0. The molecule has 0 aromatic heterocycles. The number of nitrogens with two attached hydrogens (primary N) is 1. The van der Waals surface area contributed by atoms with E-state index in [-0.39, 0.29) is 24.5 Å². The summed E-state index contributed by atoms with van der Waals surface area (Å²) in [6.07, 6.45) is 5.51. The smallest absolute Gasteiger partial charge is 0.240 e. The Kier molecular flexibility index (Phi) is 5.40. The van der Waals surface area contributed by atoms with E-state index in [4.69, 9.17) is 5.73 Å². The van der Waals surface area contributed by atoms with E-state index < -0.39 is 5.54 Å². The fourth-order valence-corrected chi connectivity index (χ4v) is 2.50. The lowest BCUT2D eigenvalue weighted by atomic mass is 9.84. The summed E-state index contributed by atoms with van der Waals surface area (Å²) in [6, 6.07) is 0.0993. The number of nitrogens with one attached hydrogen (secondary N) is 1. The van der Waals surface area contributed by atoms with Crippen LogP contribution in [-0.2, 0) is 4.79 Å². The Morgan fingerprint density at radius 2 is 1.94 bits per heavy atom. The highest BCUT2D eigenvalue weighted by atomic mass is 16.3. The molecule has 100 valence electrons. The summed E-state index contributed by atoms with van der Waals surface area (Å²) in [6.45, 7) is 4.03. The van der Waals surface area contributed by atoms with Crippen LogP contribution < -0.4 is 11.1 Å². The first-order valence-corrected chi connectivity index (χ1v) is 6.78. The van der Waals surface area contributed by atoms with Crippen LogP contribution >= 0.6 is 0 Å². The zero-order valence-corrected chi connectivity index (χ0v) is 11.0. The number of aliphatic hydroxyl groups is 1. The van der Waals surface area contributed by atoms with E-state index in [1.165, 1.54) is 0 Å². The molecule has 0 aromatic carbocycles. The van der Waals surface area contributed by atoms with Crippen LogP contribution in [0.15, 0.2) is 0 Å². The van der Waals surface area contributed by atoms with E-state index >= 15 is 0 Å². The minimum absolute atomic E-state index is 0.0622. The molecular weight excluding hydrogens is 216 g/mol. The highest BCUT2D eigenvalue weighted by Gasteiger charge is 2.34. The molecule has 0 bridgehead atoms.